The number of hydrogen-bond acceptors (Lipinski definition) is 8. The molecule has 53 heavy (non-hydrogen) atoms. The molecule has 6 aromatic carbocycles. The van der Waals surface area contributed by atoms with E-state index in [9.17, 15) is 0 Å². The lowest BCUT2D eigenvalue weighted by atomic mass is 10.1. The Morgan fingerprint density at radius 2 is 0.849 bits per heavy atom. The zero-order chi connectivity index (χ0) is 34.9. The largest absolute Gasteiger partial charge is 0.456 e. The molecule has 0 radical (unpaired) electrons. The van der Waals surface area contributed by atoms with Crippen molar-refractivity contribution in [3.8, 4) is 0 Å². The standard InChI is InChI=1S/C45H27N5O3/c1-3-11-28(12-4-1)49(30-19-21-34-32-15-7-9-17-37(32)51-39(34)25-30)42-24-23-36-44-41(53-45(36)46-42)27-43(47-48-44)50(29-13-5-2-6-14-29)31-20-22-35-33-16-8-10-18-38(33)52-40(35)26-31/h1-27H. The highest BCUT2D eigenvalue weighted by atomic mass is 16.3. The number of nitrogens with zero attached hydrogens (tertiary/aromatic N) is 5. The number of fused-ring (bicyclic) bond motifs is 9. The van der Waals surface area contributed by atoms with Crippen LogP contribution in [-0.4, -0.2) is 15.2 Å². The van der Waals surface area contributed by atoms with Crippen LogP contribution in [0.2, 0.25) is 0 Å². The summed E-state index contributed by atoms with van der Waals surface area (Å²) in [7, 11) is 0. The highest BCUT2D eigenvalue weighted by molar-refractivity contribution is 6.07. The number of furan rings is 3. The van der Waals surface area contributed by atoms with Gasteiger partial charge in [-0.15, -0.1) is 10.2 Å². The fraction of sp³-hybridized carbons (Fsp3) is 0. The van der Waals surface area contributed by atoms with Gasteiger partial charge >= 0.3 is 0 Å². The molecule has 11 aromatic rings. The minimum Gasteiger partial charge on any atom is -0.456 e. The van der Waals surface area contributed by atoms with Crippen LogP contribution in [-0.2, 0) is 0 Å². The first-order valence-corrected chi connectivity index (χ1v) is 17.4. The van der Waals surface area contributed by atoms with E-state index in [0.717, 1.165) is 72.0 Å². The average molecular weight is 686 g/mol. The molecule has 0 atom stereocenters. The molecular weight excluding hydrogens is 659 g/mol. The number of hydrogen-bond donors (Lipinski definition) is 0. The molecule has 0 bridgehead atoms. The van der Waals surface area contributed by atoms with Gasteiger partial charge in [0, 0.05) is 51.1 Å². The van der Waals surface area contributed by atoms with Gasteiger partial charge in [0.15, 0.2) is 11.4 Å². The van der Waals surface area contributed by atoms with Gasteiger partial charge in [-0.3, -0.25) is 9.80 Å². The molecule has 5 aromatic heterocycles. The predicted molar refractivity (Wildman–Crippen MR) is 211 cm³/mol. The molecule has 11 rings (SSSR count). The van der Waals surface area contributed by atoms with Crippen LogP contribution >= 0.6 is 0 Å². The van der Waals surface area contributed by atoms with Crippen LogP contribution in [0.3, 0.4) is 0 Å². The van der Waals surface area contributed by atoms with Gasteiger partial charge in [0.05, 0.1) is 16.8 Å². The fourth-order valence-electron chi connectivity index (χ4n) is 7.34. The number of aromatic nitrogens is 3. The molecule has 8 heteroatoms. The maximum absolute atomic E-state index is 6.49. The van der Waals surface area contributed by atoms with Gasteiger partial charge in [-0.2, -0.15) is 4.98 Å². The molecule has 0 N–H and O–H groups in total. The van der Waals surface area contributed by atoms with E-state index in [1.807, 2.05) is 109 Å². The molecule has 0 aliphatic carbocycles. The number of anilines is 6. The van der Waals surface area contributed by atoms with Crippen LogP contribution in [0.1, 0.15) is 0 Å². The van der Waals surface area contributed by atoms with Gasteiger partial charge < -0.3 is 13.3 Å². The van der Waals surface area contributed by atoms with Crippen LogP contribution in [0.5, 0.6) is 0 Å². The normalized spacial score (nSPS) is 11.8. The third kappa shape index (κ3) is 4.73. The predicted octanol–water partition coefficient (Wildman–Crippen LogP) is 12.5. The van der Waals surface area contributed by atoms with E-state index in [-0.39, 0.29) is 0 Å². The molecular formula is C45H27N5O3. The average Bonchev–Trinajstić information content (AvgIpc) is 3.89. The van der Waals surface area contributed by atoms with Gasteiger partial charge in [0.2, 0.25) is 5.71 Å². The van der Waals surface area contributed by atoms with Crippen LogP contribution in [0.15, 0.2) is 177 Å². The van der Waals surface area contributed by atoms with E-state index in [0.29, 0.717) is 28.4 Å². The van der Waals surface area contributed by atoms with Gasteiger partial charge in [0.25, 0.3) is 0 Å². The van der Waals surface area contributed by atoms with Crippen molar-refractivity contribution in [1.29, 1.82) is 0 Å². The van der Waals surface area contributed by atoms with Gasteiger partial charge in [-0.05, 0) is 72.8 Å². The van der Waals surface area contributed by atoms with Crippen molar-refractivity contribution in [2.24, 2.45) is 0 Å². The number of rotatable bonds is 6. The molecule has 0 aliphatic rings. The Bertz CT molecular complexity index is 2940. The van der Waals surface area contributed by atoms with Crippen molar-refractivity contribution in [3.63, 3.8) is 0 Å². The Balaban J connectivity index is 1.03. The van der Waals surface area contributed by atoms with Gasteiger partial charge in [0.1, 0.15) is 33.7 Å². The molecule has 0 saturated heterocycles. The summed E-state index contributed by atoms with van der Waals surface area (Å²) in [6.07, 6.45) is 0. The van der Waals surface area contributed by atoms with Crippen LogP contribution in [0, 0.1) is 0 Å². The Morgan fingerprint density at radius 1 is 0.340 bits per heavy atom. The summed E-state index contributed by atoms with van der Waals surface area (Å²) in [5.74, 6) is 1.29. The van der Waals surface area contributed by atoms with Crippen LogP contribution in [0.25, 0.3) is 66.1 Å². The van der Waals surface area contributed by atoms with Crippen molar-refractivity contribution in [2.75, 3.05) is 9.80 Å². The maximum Gasteiger partial charge on any atom is 0.231 e. The van der Waals surface area contributed by atoms with E-state index in [4.69, 9.17) is 28.4 Å². The van der Waals surface area contributed by atoms with Crippen molar-refractivity contribution in [1.82, 2.24) is 15.2 Å². The summed E-state index contributed by atoms with van der Waals surface area (Å²) in [5.41, 5.74) is 8.65. The second-order valence-electron chi connectivity index (χ2n) is 12.9. The van der Waals surface area contributed by atoms with E-state index < -0.39 is 0 Å². The summed E-state index contributed by atoms with van der Waals surface area (Å²) in [6, 6.07) is 54.8. The molecule has 0 spiro atoms. The molecule has 0 fully saturated rings. The first kappa shape index (κ1) is 29.3. The Hall–Kier alpha value is -7.45. The molecule has 0 amide bonds. The lowest BCUT2D eigenvalue weighted by Gasteiger charge is -2.24. The Kier molecular flexibility index (Phi) is 6.38. The monoisotopic (exact) mass is 685 g/mol. The fourth-order valence-corrected chi connectivity index (χ4v) is 7.34. The third-order valence-corrected chi connectivity index (χ3v) is 9.78. The first-order chi connectivity index (χ1) is 26.2. The number of pyridine rings is 1. The second-order valence-corrected chi connectivity index (χ2v) is 12.9. The van der Waals surface area contributed by atoms with Crippen molar-refractivity contribution in [2.45, 2.75) is 0 Å². The minimum atomic E-state index is 0.463. The lowest BCUT2D eigenvalue weighted by molar-refractivity contribution is 0.652. The zero-order valence-electron chi connectivity index (χ0n) is 28.0. The molecule has 5 heterocycles. The summed E-state index contributed by atoms with van der Waals surface area (Å²) in [5, 5.41) is 14.5. The Labute approximate surface area is 301 Å². The zero-order valence-corrected chi connectivity index (χ0v) is 28.0. The van der Waals surface area contributed by atoms with E-state index in [2.05, 4.69) is 64.4 Å². The van der Waals surface area contributed by atoms with E-state index in [1.165, 1.54) is 0 Å². The number of benzene rings is 6. The quantitative estimate of drug-likeness (QED) is 0.171. The highest BCUT2D eigenvalue weighted by Crippen LogP contribution is 2.41. The molecule has 0 aliphatic heterocycles. The molecule has 0 saturated carbocycles. The van der Waals surface area contributed by atoms with Crippen molar-refractivity contribution in [3.05, 3.63) is 164 Å². The maximum atomic E-state index is 6.49. The van der Waals surface area contributed by atoms with Crippen LogP contribution in [0.4, 0.5) is 34.4 Å². The third-order valence-electron chi connectivity index (χ3n) is 9.78. The minimum absolute atomic E-state index is 0.463. The van der Waals surface area contributed by atoms with Crippen LogP contribution < -0.4 is 9.80 Å². The van der Waals surface area contributed by atoms with Crippen molar-refractivity contribution >= 4 is 100 Å². The van der Waals surface area contributed by atoms with E-state index >= 15 is 0 Å². The summed E-state index contributed by atoms with van der Waals surface area (Å²) < 4.78 is 19.0. The first-order valence-electron chi connectivity index (χ1n) is 17.4. The van der Waals surface area contributed by atoms with Gasteiger partial charge in [-0.25, -0.2) is 0 Å². The topological polar surface area (TPSA) is 84.6 Å². The Morgan fingerprint density at radius 3 is 1.45 bits per heavy atom. The summed E-state index contributed by atoms with van der Waals surface area (Å²) in [6.45, 7) is 0. The summed E-state index contributed by atoms with van der Waals surface area (Å²) in [4.78, 5) is 9.22. The van der Waals surface area contributed by atoms with E-state index in [1.54, 1.807) is 0 Å². The lowest BCUT2D eigenvalue weighted by Crippen LogP contribution is -2.12. The SMILES string of the molecule is c1ccc(N(c2ccc3c(c2)oc2ccccc23)c2cc3oc4nc(N(c5ccccc5)c5ccc6c(c5)oc5ccccc56)ccc4c3nn2)cc1. The highest BCUT2D eigenvalue weighted by Gasteiger charge is 2.22. The van der Waals surface area contributed by atoms with Gasteiger partial charge in [-0.1, -0.05) is 72.8 Å². The molecule has 8 nitrogen and oxygen atoms in total. The second kappa shape index (κ2) is 11.5. The smallest absolute Gasteiger partial charge is 0.231 e. The van der Waals surface area contributed by atoms with Crippen molar-refractivity contribution < 1.29 is 13.3 Å². The molecule has 0 unspecified atom stereocenters. The molecule has 250 valence electrons. The number of para-hydroxylation sites is 4. The summed E-state index contributed by atoms with van der Waals surface area (Å²) >= 11 is 0.